The van der Waals surface area contributed by atoms with Gasteiger partial charge in [0.25, 0.3) is 0 Å². The maximum atomic E-state index is 15.0. The standard InChI is InChI=1S/C29H23ClFN5/c1-32-9-10-36-17-22(16-35-36)21-12-20-11-18(4-7-27(20)34-15-21)28-25(13-19-3-2-8-33-29(19)28)24-14-23(30)5-6-26(24)31/h2-8,11-12,14-17,32H,9-10,13H2,1H3. The number of fused-ring (bicyclic) bond motifs is 2. The first kappa shape index (κ1) is 22.6. The number of likely N-dealkylation sites (N-methyl/N-ethyl adjacent to an activating group) is 1. The lowest BCUT2D eigenvalue weighted by molar-refractivity contribution is 0.585. The second-order valence-electron chi connectivity index (χ2n) is 8.89. The fourth-order valence-corrected chi connectivity index (χ4v) is 4.98. The zero-order chi connectivity index (χ0) is 24.6. The van der Waals surface area contributed by atoms with Crippen LogP contribution in [0.4, 0.5) is 4.39 Å². The molecule has 0 unspecified atom stereocenters. The molecule has 0 radical (unpaired) electrons. The van der Waals surface area contributed by atoms with Crippen LogP contribution in [-0.4, -0.2) is 33.3 Å². The maximum Gasteiger partial charge on any atom is 0.130 e. The van der Waals surface area contributed by atoms with Gasteiger partial charge in [0.2, 0.25) is 0 Å². The molecule has 36 heavy (non-hydrogen) atoms. The van der Waals surface area contributed by atoms with E-state index in [0.717, 1.165) is 63.1 Å². The average molecular weight is 496 g/mol. The summed E-state index contributed by atoms with van der Waals surface area (Å²) in [6.07, 6.45) is 8.14. The Hall–Kier alpha value is -3.87. The molecule has 1 aliphatic carbocycles. The van der Waals surface area contributed by atoms with E-state index in [2.05, 4.69) is 32.5 Å². The Kier molecular flexibility index (Phi) is 5.83. The molecule has 3 aromatic heterocycles. The molecule has 7 heteroatoms. The van der Waals surface area contributed by atoms with Gasteiger partial charge in [-0.2, -0.15) is 5.10 Å². The molecule has 0 atom stereocenters. The van der Waals surface area contributed by atoms with E-state index in [9.17, 15) is 4.39 Å². The van der Waals surface area contributed by atoms with Gasteiger partial charge in [0.15, 0.2) is 0 Å². The van der Waals surface area contributed by atoms with Crippen molar-refractivity contribution in [3.63, 3.8) is 0 Å². The molecule has 6 rings (SSSR count). The van der Waals surface area contributed by atoms with Crippen molar-refractivity contribution < 1.29 is 4.39 Å². The molecule has 2 aromatic carbocycles. The number of halogens is 2. The Bertz CT molecular complexity index is 1640. The van der Waals surface area contributed by atoms with Crippen LogP contribution < -0.4 is 5.32 Å². The van der Waals surface area contributed by atoms with E-state index in [1.165, 1.54) is 6.07 Å². The van der Waals surface area contributed by atoms with Gasteiger partial charge < -0.3 is 5.32 Å². The van der Waals surface area contributed by atoms with Gasteiger partial charge in [-0.15, -0.1) is 0 Å². The summed E-state index contributed by atoms with van der Waals surface area (Å²) < 4.78 is 16.9. The molecule has 0 aliphatic heterocycles. The van der Waals surface area contributed by atoms with E-state index < -0.39 is 0 Å². The number of nitrogens with one attached hydrogen (secondary N) is 1. The lowest BCUT2D eigenvalue weighted by atomic mass is 9.94. The number of aromatic nitrogens is 4. The first-order valence-corrected chi connectivity index (χ1v) is 12.2. The van der Waals surface area contributed by atoms with Crippen molar-refractivity contribution in [2.45, 2.75) is 13.0 Å². The zero-order valence-corrected chi connectivity index (χ0v) is 20.4. The van der Waals surface area contributed by atoms with Crippen LogP contribution in [0.3, 0.4) is 0 Å². The van der Waals surface area contributed by atoms with Crippen molar-refractivity contribution in [1.82, 2.24) is 25.1 Å². The first-order valence-electron chi connectivity index (χ1n) is 11.8. The third kappa shape index (κ3) is 4.08. The maximum absolute atomic E-state index is 15.0. The summed E-state index contributed by atoms with van der Waals surface area (Å²) >= 11 is 6.26. The quantitative estimate of drug-likeness (QED) is 0.313. The van der Waals surface area contributed by atoms with E-state index >= 15 is 0 Å². The fourth-order valence-electron chi connectivity index (χ4n) is 4.80. The van der Waals surface area contributed by atoms with Crippen molar-refractivity contribution in [3.05, 3.63) is 113 Å². The van der Waals surface area contributed by atoms with E-state index in [-0.39, 0.29) is 5.82 Å². The summed E-state index contributed by atoms with van der Waals surface area (Å²) in [7, 11) is 1.93. The summed E-state index contributed by atoms with van der Waals surface area (Å²) in [5.74, 6) is -0.292. The summed E-state index contributed by atoms with van der Waals surface area (Å²) in [5.41, 5.74) is 8.14. The second-order valence-corrected chi connectivity index (χ2v) is 9.33. The normalized spacial score (nSPS) is 13.0. The highest BCUT2D eigenvalue weighted by molar-refractivity contribution is 6.30. The number of hydrogen-bond donors (Lipinski definition) is 1. The molecular formula is C29H23ClFN5. The molecule has 178 valence electrons. The third-order valence-electron chi connectivity index (χ3n) is 6.58. The predicted octanol–water partition coefficient (Wildman–Crippen LogP) is 6.02. The van der Waals surface area contributed by atoms with E-state index in [0.29, 0.717) is 17.0 Å². The Morgan fingerprint density at radius 1 is 1.00 bits per heavy atom. The van der Waals surface area contributed by atoms with Gasteiger partial charge in [0, 0.05) is 64.2 Å². The van der Waals surface area contributed by atoms with Crippen molar-refractivity contribution in [1.29, 1.82) is 0 Å². The average Bonchev–Trinajstić information content (AvgIpc) is 3.53. The summed E-state index contributed by atoms with van der Waals surface area (Å²) in [6.45, 7) is 1.64. The highest BCUT2D eigenvalue weighted by Crippen LogP contribution is 2.42. The Labute approximate surface area is 213 Å². The number of nitrogens with zero attached hydrogens (tertiary/aromatic N) is 4. The second kappa shape index (κ2) is 9.30. The molecule has 3 heterocycles. The summed E-state index contributed by atoms with van der Waals surface area (Å²) in [6, 6.07) is 16.9. The number of hydrogen-bond acceptors (Lipinski definition) is 4. The lowest BCUT2D eigenvalue weighted by Crippen LogP contribution is -2.14. The van der Waals surface area contributed by atoms with Crippen LogP contribution in [0.1, 0.15) is 22.4 Å². The lowest BCUT2D eigenvalue weighted by Gasteiger charge is -2.11. The minimum Gasteiger partial charge on any atom is -0.318 e. The van der Waals surface area contributed by atoms with Crippen LogP contribution in [0.5, 0.6) is 0 Å². The molecule has 0 amide bonds. The van der Waals surface area contributed by atoms with Gasteiger partial charge in [-0.25, -0.2) is 4.39 Å². The fraction of sp³-hybridized carbons (Fsp3) is 0.138. The van der Waals surface area contributed by atoms with Crippen molar-refractivity contribution in [3.8, 4) is 11.1 Å². The van der Waals surface area contributed by atoms with Gasteiger partial charge in [0.1, 0.15) is 5.82 Å². The van der Waals surface area contributed by atoms with Crippen LogP contribution in [0, 0.1) is 5.82 Å². The molecule has 1 aliphatic rings. The van der Waals surface area contributed by atoms with Crippen LogP contribution in [-0.2, 0) is 13.0 Å². The Morgan fingerprint density at radius 3 is 2.78 bits per heavy atom. The Morgan fingerprint density at radius 2 is 1.89 bits per heavy atom. The van der Waals surface area contributed by atoms with E-state index in [1.807, 2.05) is 54.6 Å². The van der Waals surface area contributed by atoms with Crippen LogP contribution in [0.25, 0.3) is 33.2 Å². The molecule has 1 N–H and O–H groups in total. The molecule has 0 saturated carbocycles. The van der Waals surface area contributed by atoms with Gasteiger partial charge in [-0.3, -0.25) is 14.6 Å². The van der Waals surface area contributed by atoms with Crippen LogP contribution in [0.2, 0.25) is 5.02 Å². The number of pyridine rings is 2. The zero-order valence-electron chi connectivity index (χ0n) is 19.7. The van der Waals surface area contributed by atoms with Gasteiger partial charge in [0.05, 0.1) is 24.0 Å². The van der Waals surface area contributed by atoms with Gasteiger partial charge in [-0.05, 0) is 66.2 Å². The van der Waals surface area contributed by atoms with Crippen LogP contribution >= 0.6 is 11.6 Å². The topological polar surface area (TPSA) is 55.6 Å². The molecule has 5 aromatic rings. The SMILES string of the molecule is CNCCn1cc(-c2cnc3ccc(C4=C(c5cc(Cl)ccc5F)Cc5cccnc54)cc3c2)cn1. The molecule has 0 bridgehead atoms. The minimum absolute atomic E-state index is 0.292. The molecule has 0 spiro atoms. The Balaban J connectivity index is 1.48. The summed E-state index contributed by atoms with van der Waals surface area (Å²) in [5, 5.41) is 9.10. The van der Waals surface area contributed by atoms with E-state index in [4.69, 9.17) is 11.6 Å². The number of rotatable bonds is 6. The molecule has 0 saturated heterocycles. The number of benzene rings is 2. The highest BCUT2D eigenvalue weighted by atomic mass is 35.5. The molecular weight excluding hydrogens is 473 g/mol. The molecule has 5 nitrogen and oxygen atoms in total. The monoisotopic (exact) mass is 495 g/mol. The van der Waals surface area contributed by atoms with Crippen molar-refractivity contribution in [2.24, 2.45) is 0 Å². The summed E-state index contributed by atoms with van der Waals surface area (Å²) in [4.78, 5) is 9.36. The smallest absolute Gasteiger partial charge is 0.130 e. The minimum atomic E-state index is -0.292. The molecule has 0 fully saturated rings. The van der Waals surface area contributed by atoms with Crippen molar-refractivity contribution in [2.75, 3.05) is 13.6 Å². The third-order valence-corrected chi connectivity index (χ3v) is 6.81. The van der Waals surface area contributed by atoms with Crippen molar-refractivity contribution >= 4 is 33.7 Å². The van der Waals surface area contributed by atoms with E-state index in [1.54, 1.807) is 18.3 Å². The van der Waals surface area contributed by atoms with Crippen LogP contribution in [0.15, 0.2) is 79.4 Å². The van der Waals surface area contributed by atoms with Gasteiger partial charge >= 0.3 is 0 Å². The highest BCUT2D eigenvalue weighted by Gasteiger charge is 2.27. The predicted molar refractivity (Wildman–Crippen MR) is 142 cm³/mol. The van der Waals surface area contributed by atoms with Gasteiger partial charge in [-0.1, -0.05) is 23.7 Å². The number of allylic oxidation sites excluding steroid dienone is 1. The first-order chi connectivity index (χ1) is 17.6. The largest absolute Gasteiger partial charge is 0.318 e.